The van der Waals surface area contributed by atoms with E-state index in [0.29, 0.717) is 0 Å². The molecule has 112 valence electrons. The summed E-state index contributed by atoms with van der Waals surface area (Å²) in [5.74, 6) is -2.50. The van der Waals surface area contributed by atoms with Gasteiger partial charge < -0.3 is 10.4 Å². The first-order valence-corrected chi connectivity index (χ1v) is 6.89. The molecular formula is C17H14FNO3. The Morgan fingerprint density at radius 1 is 1.00 bits per heavy atom. The van der Waals surface area contributed by atoms with Crippen molar-refractivity contribution in [3.63, 3.8) is 0 Å². The molecule has 0 heterocycles. The highest BCUT2D eigenvalue weighted by atomic mass is 19.1. The van der Waals surface area contributed by atoms with Crippen molar-refractivity contribution in [2.75, 3.05) is 0 Å². The number of hydrogen-bond acceptors (Lipinski definition) is 2. The van der Waals surface area contributed by atoms with Crippen molar-refractivity contribution in [2.45, 2.75) is 18.4 Å². The second-order valence-corrected chi connectivity index (χ2v) is 5.44. The summed E-state index contributed by atoms with van der Waals surface area (Å²) in [5.41, 5.74) is 0.194. The molecule has 0 unspecified atom stereocenters. The lowest BCUT2D eigenvalue weighted by Crippen LogP contribution is -2.55. The fourth-order valence-corrected chi connectivity index (χ4v) is 2.84. The third-order valence-electron chi connectivity index (χ3n) is 3.98. The van der Waals surface area contributed by atoms with Gasteiger partial charge in [0.15, 0.2) is 0 Å². The van der Waals surface area contributed by atoms with Crippen LogP contribution in [-0.2, 0) is 17.6 Å². The maximum absolute atomic E-state index is 13.7. The molecule has 2 N–H and O–H groups in total. The van der Waals surface area contributed by atoms with Crippen molar-refractivity contribution in [2.24, 2.45) is 0 Å². The van der Waals surface area contributed by atoms with Gasteiger partial charge in [-0.1, -0.05) is 36.4 Å². The summed E-state index contributed by atoms with van der Waals surface area (Å²) >= 11 is 0. The lowest BCUT2D eigenvalue weighted by molar-refractivity contribution is -0.144. The molecule has 0 radical (unpaired) electrons. The molecule has 0 saturated heterocycles. The van der Waals surface area contributed by atoms with Crippen molar-refractivity contribution in [3.8, 4) is 0 Å². The Labute approximate surface area is 126 Å². The molecule has 3 rings (SSSR count). The van der Waals surface area contributed by atoms with Crippen molar-refractivity contribution < 1.29 is 19.1 Å². The highest BCUT2D eigenvalue weighted by Gasteiger charge is 2.45. The Kier molecular flexibility index (Phi) is 3.41. The smallest absolute Gasteiger partial charge is 0.330 e. The van der Waals surface area contributed by atoms with Gasteiger partial charge in [0.25, 0.3) is 5.91 Å². The van der Waals surface area contributed by atoms with Gasteiger partial charge in [-0.15, -0.1) is 0 Å². The van der Waals surface area contributed by atoms with E-state index in [1.807, 2.05) is 24.3 Å². The lowest BCUT2D eigenvalue weighted by Gasteiger charge is -2.25. The van der Waals surface area contributed by atoms with E-state index in [1.165, 1.54) is 24.3 Å². The molecule has 0 bridgehead atoms. The average Bonchev–Trinajstić information content (AvgIpc) is 2.87. The van der Waals surface area contributed by atoms with Crippen molar-refractivity contribution >= 4 is 11.9 Å². The van der Waals surface area contributed by atoms with Crippen molar-refractivity contribution in [3.05, 3.63) is 71.0 Å². The van der Waals surface area contributed by atoms with Crippen LogP contribution in [-0.4, -0.2) is 22.5 Å². The summed E-state index contributed by atoms with van der Waals surface area (Å²) in [6, 6.07) is 12.9. The highest BCUT2D eigenvalue weighted by Crippen LogP contribution is 2.30. The number of carboxylic acids is 1. The molecule has 0 aromatic heterocycles. The standard InChI is InChI=1S/C17H14FNO3/c18-14-8-4-3-7-13(14)15(20)19-17(16(21)22)9-11-5-1-2-6-12(11)10-17/h1-8H,9-10H2,(H,19,20)(H,21,22). The molecule has 2 aromatic rings. The predicted molar refractivity (Wildman–Crippen MR) is 78.1 cm³/mol. The molecule has 0 spiro atoms. The van der Waals surface area contributed by atoms with E-state index in [9.17, 15) is 19.1 Å². The van der Waals surface area contributed by atoms with Gasteiger partial charge in [0.1, 0.15) is 11.4 Å². The monoisotopic (exact) mass is 299 g/mol. The first kappa shape index (κ1) is 14.3. The largest absolute Gasteiger partial charge is 0.479 e. The Balaban J connectivity index is 1.90. The van der Waals surface area contributed by atoms with Crippen LogP contribution in [0.1, 0.15) is 21.5 Å². The van der Waals surface area contributed by atoms with Gasteiger partial charge in [0, 0.05) is 12.8 Å². The second-order valence-electron chi connectivity index (χ2n) is 5.44. The van der Waals surface area contributed by atoms with Gasteiger partial charge in [0.2, 0.25) is 0 Å². The first-order valence-electron chi connectivity index (χ1n) is 6.89. The zero-order valence-corrected chi connectivity index (χ0v) is 11.7. The number of nitrogens with one attached hydrogen (secondary N) is 1. The molecule has 1 amide bonds. The topological polar surface area (TPSA) is 66.4 Å². The first-order chi connectivity index (χ1) is 10.5. The molecular weight excluding hydrogens is 285 g/mol. The van der Waals surface area contributed by atoms with Crippen LogP contribution >= 0.6 is 0 Å². The molecule has 1 aliphatic carbocycles. The zero-order chi connectivity index (χ0) is 15.7. The van der Waals surface area contributed by atoms with Crippen molar-refractivity contribution in [1.82, 2.24) is 5.32 Å². The summed E-state index contributed by atoms with van der Waals surface area (Å²) < 4.78 is 13.7. The molecule has 1 aliphatic rings. The average molecular weight is 299 g/mol. The van der Waals surface area contributed by atoms with E-state index >= 15 is 0 Å². The number of amides is 1. The highest BCUT2D eigenvalue weighted by molar-refractivity contribution is 5.98. The molecule has 0 aliphatic heterocycles. The zero-order valence-electron chi connectivity index (χ0n) is 11.7. The summed E-state index contributed by atoms with van der Waals surface area (Å²) in [5, 5.41) is 12.1. The Bertz CT molecular complexity index is 732. The van der Waals surface area contributed by atoms with Gasteiger partial charge in [-0.3, -0.25) is 4.79 Å². The minimum atomic E-state index is -1.43. The second kappa shape index (κ2) is 5.26. The lowest BCUT2D eigenvalue weighted by atomic mass is 9.95. The van der Waals surface area contributed by atoms with E-state index < -0.39 is 23.2 Å². The predicted octanol–water partition coefficient (Wildman–Crippen LogP) is 2.18. The van der Waals surface area contributed by atoms with Crippen LogP contribution in [0.5, 0.6) is 0 Å². The molecule has 0 fully saturated rings. The van der Waals surface area contributed by atoms with E-state index in [1.54, 1.807) is 0 Å². The SMILES string of the molecule is O=C(NC1(C(=O)O)Cc2ccccc2C1)c1ccccc1F. The van der Waals surface area contributed by atoms with Crippen LogP contribution in [0.2, 0.25) is 0 Å². The Hall–Kier alpha value is -2.69. The number of benzene rings is 2. The van der Waals surface area contributed by atoms with Gasteiger partial charge >= 0.3 is 5.97 Å². The quantitative estimate of drug-likeness (QED) is 0.913. The van der Waals surface area contributed by atoms with Crippen LogP contribution in [0.4, 0.5) is 4.39 Å². The van der Waals surface area contributed by atoms with Crippen LogP contribution in [0.25, 0.3) is 0 Å². The van der Waals surface area contributed by atoms with E-state index in [-0.39, 0.29) is 18.4 Å². The molecule has 22 heavy (non-hydrogen) atoms. The minimum Gasteiger partial charge on any atom is -0.479 e. The Morgan fingerprint density at radius 2 is 1.55 bits per heavy atom. The number of carbonyl (C=O) groups is 2. The third-order valence-corrected chi connectivity index (χ3v) is 3.98. The Morgan fingerprint density at radius 3 is 2.09 bits per heavy atom. The maximum atomic E-state index is 13.7. The van der Waals surface area contributed by atoms with Crippen molar-refractivity contribution in [1.29, 1.82) is 0 Å². The molecule has 2 aromatic carbocycles. The summed E-state index contributed by atoms with van der Waals surface area (Å²) in [6.45, 7) is 0. The fourth-order valence-electron chi connectivity index (χ4n) is 2.84. The third kappa shape index (κ3) is 2.35. The molecule has 0 atom stereocenters. The normalized spacial score (nSPS) is 15.1. The van der Waals surface area contributed by atoms with Crippen LogP contribution in [0.15, 0.2) is 48.5 Å². The van der Waals surface area contributed by atoms with Gasteiger partial charge in [-0.25, -0.2) is 9.18 Å². The number of hydrogen-bond donors (Lipinski definition) is 2. The molecule has 4 nitrogen and oxygen atoms in total. The fraction of sp³-hybridized carbons (Fsp3) is 0.176. The van der Waals surface area contributed by atoms with Gasteiger partial charge in [-0.2, -0.15) is 0 Å². The van der Waals surface area contributed by atoms with Crippen LogP contribution in [0.3, 0.4) is 0 Å². The van der Waals surface area contributed by atoms with Gasteiger partial charge in [0.05, 0.1) is 5.56 Å². The number of aliphatic carboxylic acids is 1. The molecule has 0 saturated carbocycles. The minimum absolute atomic E-state index is 0.154. The number of carboxylic acid groups (broad SMARTS) is 1. The number of fused-ring (bicyclic) bond motifs is 1. The number of carbonyl (C=O) groups excluding carboxylic acids is 1. The van der Waals surface area contributed by atoms with E-state index in [0.717, 1.165) is 11.1 Å². The summed E-state index contributed by atoms with van der Waals surface area (Å²) in [7, 11) is 0. The van der Waals surface area contributed by atoms with Crippen LogP contribution < -0.4 is 5.32 Å². The summed E-state index contributed by atoms with van der Waals surface area (Å²) in [4.78, 5) is 24.0. The van der Waals surface area contributed by atoms with Crippen LogP contribution in [0, 0.1) is 5.82 Å². The maximum Gasteiger partial charge on any atom is 0.330 e. The molecule has 5 heteroatoms. The number of rotatable bonds is 3. The number of halogens is 1. The van der Waals surface area contributed by atoms with E-state index in [4.69, 9.17) is 0 Å². The summed E-state index contributed by atoms with van der Waals surface area (Å²) in [6.07, 6.45) is 0.386. The van der Waals surface area contributed by atoms with E-state index in [2.05, 4.69) is 5.32 Å². The van der Waals surface area contributed by atoms with Gasteiger partial charge in [-0.05, 0) is 23.3 Å².